The van der Waals surface area contributed by atoms with Crippen LogP contribution in [-0.4, -0.2) is 22.0 Å². The molecule has 3 heterocycles. The molecule has 0 unspecified atom stereocenters. The van der Waals surface area contributed by atoms with Crippen molar-refractivity contribution in [1.82, 2.24) is 14.9 Å². The Hall–Kier alpha value is -3.34. The molecule has 0 fully saturated rings. The summed E-state index contributed by atoms with van der Waals surface area (Å²) in [5.41, 5.74) is 4.63. The monoisotopic (exact) mass is 359 g/mol. The van der Waals surface area contributed by atoms with Crippen LogP contribution in [0.1, 0.15) is 27.3 Å². The lowest BCUT2D eigenvalue weighted by Gasteiger charge is -2.12. The van der Waals surface area contributed by atoms with Crippen molar-refractivity contribution >= 4 is 17.0 Å². The fourth-order valence-electron chi connectivity index (χ4n) is 3.22. The number of carbonyl (C=O) groups excluding carboxylic acids is 1. The van der Waals surface area contributed by atoms with Gasteiger partial charge in [-0.15, -0.1) is 0 Å². The highest BCUT2D eigenvalue weighted by atomic mass is 16.3. The van der Waals surface area contributed by atoms with Crippen molar-refractivity contribution in [2.75, 3.05) is 6.54 Å². The van der Waals surface area contributed by atoms with E-state index in [9.17, 15) is 4.79 Å². The van der Waals surface area contributed by atoms with Gasteiger partial charge in [0, 0.05) is 30.2 Å². The fourth-order valence-corrected chi connectivity index (χ4v) is 3.22. The van der Waals surface area contributed by atoms with Crippen LogP contribution in [0.3, 0.4) is 0 Å². The molecular weight excluding hydrogens is 338 g/mol. The van der Waals surface area contributed by atoms with Gasteiger partial charge in [-0.1, -0.05) is 30.3 Å². The molecule has 0 spiro atoms. The number of benzene rings is 1. The Balaban J connectivity index is 1.55. The van der Waals surface area contributed by atoms with E-state index in [2.05, 4.69) is 29.4 Å². The van der Waals surface area contributed by atoms with Gasteiger partial charge < -0.3 is 14.3 Å². The van der Waals surface area contributed by atoms with Gasteiger partial charge in [-0.2, -0.15) is 0 Å². The number of amides is 1. The number of furan rings is 1. The van der Waals surface area contributed by atoms with Crippen molar-refractivity contribution < 1.29 is 9.21 Å². The standard InChI is InChI=1S/C22H21N3O2/c1-16-6-2-3-7-18(16)15-25-20(14-17-10-13-27-22(17)25)21(26)24-12-9-19-8-4-5-11-23-19/h2-8,10-11,13-14H,9,12,15H2,1H3,(H,24,26). The van der Waals surface area contributed by atoms with Crippen LogP contribution in [0.2, 0.25) is 0 Å². The zero-order valence-electron chi connectivity index (χ0n) is 15.2. The number of carbonyl (C=O) groups is 1. The summed E-state index contributed by atoms with van der Waals surface area (Å²) in [5, 5.41) is 3.93. The molecule has 1 aromatic carbocycles. The first-order valence-electron chi connectivity index (χ1n) is 9.02. The van der Waals surface area contributed by atoms with Gasteiger partial charge in [0.25, 0.3) is 5.91 Å². The molecule has 4 rings (SSSR count). The SMILES string of the molecule is Cc1ccccc1Cn1c(C(=O)NCCc2ccccn2)cc2ccoc21. The van der Waals surface area contributed by atoms with Crippen LogP contribution in [0.4, 0.5) is 0 Å². The minimum absolute atomic E-state index is 0.106. The fraction of sp³-hybridized carbons (Fsp3) is 0.182. The maximum Gasteiger partial charge on any atom is 0.268 e. The summed E-state index contributed by atoms with van der Waals surface area (Å²) in [6.45, 7) is 3.20. The molecule has 0 bridgehead atoms. The van der Waals surface area contributed by atoms with Crippen LogP contribution < -0.4 is 5.32 Å². The Labute approximate surface area is 157 Å². The highest BCUT2D eigenvalue weighted by molar-refractivity contribution is 5.97. The smallest absolute Gasteiger partial charge is 0.268 e. The van der Waals surface area contributed by atoms with Crippen LogP contribution >= 0.6 is 0 Å². The third kappa shape index (κ3) is 3.62. The summed E-state index contributed by atoms with van der Waals surface area (Å²) in [4.78, 5) is 17.1. The lowest BCUT2D eigenvalue weighted by molar-refractivity contribution is 0.0945. The van der Waals surface area contributed by atoms with Gasteiger partial charge in [0.05, 0.1) is 12.8 Å². The minimum Gasteiger partial charge on any atom is -0.448 e. The summed E-state index contributed by atoms with van der Waals surface area (Å²) >= 11 is 0. The summed E-state index contributed by atoms with van der Waals surface area (Å²) in [6.07, 6.45) is 4.11. The van der Waals surface area contributed by atoms with Crippen molar-refractivity contribution in [2.45, 2.75) is 19.9 Å². The maximum absolute atomic E-state index is 12.8. The second-order valence-corrected chi connectivity index (χ2v) is 6.55. The quantitative estimate of drug-likeness (QED) is 0.567. The van der Waals surface area contributed by atoms with Crippen molar-refractivity contribution in [1.29, 1.82) is 0 Å². The average Bonchev–Trinajstić information content (AvgIpc) is 3.27. The number of fused-ring (bicyclic) bond motifs is 1. The molecule has 0 atom stereocenters. The van der Waals surface area contributed by atoms with Crippen LogP contribution in [0, 0.1) is 6.92 Å². The summed E-state index contributed by atoms with van der Waals surface area (Å²) in [5.74, 6) is -0.106. The van der Waals surface area contributed by atoms with Crippen molar-refractivity contribution in [3.8, 4) is 0 Å². The normalized spacial score (nSPS) is 11.0. The first kappa shape index (κ1) is 17.1. The van der Waals surface area contributed by atoms with Gasteiger partial charge in [-0.3, -0.25) is 9.78 Å². The summed E-state index contributed by atoms with van der Waals surface area (Å²) < 4.78 is 7.58. The van der Waals surface area contributed by atoms with E-state index in [1.165, 1.54) is 5.56 Å². The third-order valence-corrected chi connectivity index (χ3v) is 4.72. The number of nitrogens with one attached hydrogen (secondary N) is 1. The number of nitrogens with zero attached hydrogens (tertiary/aromatic N) is 2. The lowest BCUT2D eigenvalue weighted by atomic mass is 10.1. The zero-order valence-corrected chi connectivity index (χ0v) is 15.2. The molecule has 4 aromatic rings. The predicted octanol–water partition coefficient (Wildman–Crippen LogP) is 3.96. The van der Waals surface area contributed by atoms with E-state index in [1.807, 2.05) is 47.0 Å². The largest absolute Gasteiger partial charge is 0.448 e. The second kappa shape index (κ2) is 7.50. The molecule has 1 N–H and O–H groups in total. The van der Waals surface area contributed by atoms with E-state index < -0.39 is 0 Å². The summed E-state index contributed by atoms with van der Waals surface area (Å²) in [7, 11) is 0. The molecule has 0 aliphatic rings. The van der Waals surface area contributed by atoms with Crippen molar-refractivity contribution in [3.63, 3.8) is 0 Å². The van der Waals surface area contributed by atoms with Gasteiger partial charge in [-0.25, -0.2) is 0 Å². The maximum atomic E-state index is 12.8. The average molecular weight is 359 g/mol. The van der Waals surface area contributed by atoms with Crippen LogP contribution in [-0.2, 0) is 13.0 Å². The highest BCUT2D eigenvalue weighted by Gasteiger charge is 2.18. The number of pyridine rings is 1. The van der Waals surface area contributed by atoms with Gasteiger partial charge in [0.15, 0.2) is 0 Å². The number of hydrogen-bond acceptors (Lipinski definition) is 3. The highest BCUT2D eigenvalue weighted by Crippen LogP contribution is 2.23. The number of aromatic nitrogens is 2. The van der Waals surface area contributed by atoms with Gasteiger partial charge in [0.1, 0.15) is 5.69 Å². The molecule has 136 valence electrons. The number of rotatable bonds is 6. The summed E-state index contributed by atoms with van der Waals surface area (Å²) in [6, 6.07) is 17.7. The Morgan fingerprint density at radius 3 is 2.81 bits per heavy atom. The van der Waals surface area contributed by atoms with E-state index in [-0.39, 0.29) is 5.91 Å². The van der Waals surface area contributed by atoms with Gasteiger partial charge in [-0.05, 0) is 42.3 Å². The zero-order chi connectivity index (χ0) is 18.6. The van der Waals surface area contributed by atoms with Crippen LogP contribution in [0.5, 0.6) is 0 Å². The van der Waals surface area contributed by atoms with E-state index in [4.69, 9.17) is 4.42 Å². The Bertz CT molecular complexity index is 1060. The number of aryl methyl sites for hydroxylation is 1. The third-order valence-electron chi connectivity index (χ3n) is 4.72. The second-order valence-electron chi connectivity index (χ2n) is 6.55. The van der Waals surface area contributed by atoms with Crippen LogP contribution in [0.25, 0.3) is 11.1 Å². The predicted molar refractivity (Wildman–Crippen MR) is 105 cm³/mol. The molecule has 0 saturated carbocycles. The van der Waals surface area contributed by atoms with E-state index in [1.54, 1.807) is 12.5 Å². The van der Waals surface area contributed by atoms with E-state index in [0.29, 0.717) is 30.9 Å². The molecular formula is C22H21N3O2. The van der Waals surface area contributed by atoms with Crippen LogP contribution in [0.15, 0.2) is 71.5 Å². The molecule has 0 saturated heterocycles. The molecule has 0 aliphatic heterocycles. The first-order valence-corrected chi connectivity index (χ1v) is 9.02. The Morgan fingerprint density at radius 1 is 1.15 bits per heavy atom. The molecule has 1 amide bonds. The molecule has 27 heavy (non-hydrogen) atoms. The first-order chi connectivity index (χ1) is 13.2. The Morgan fingerprint density at radius 2 is 2.00 bits per heavy atom. The van der Waals surface area contributed by atoms with Gasteiger partial charge in [0.2, 0.25) is 5.71 Å². The minimum atomic E-state index is -0.106. The molecule has 0 aliphatic carbocycles. The van der Waals surface area contributed by atoms with E-state index in [0.717, 1.165) is 16.6 Å². The molecule has 5 nitrogen and oxygen atoms in total. The molecule has 3 aromatic heterocycles. The molecule has 5 heteroatoms. The number of hydrogen-bond donors (Lipinski definition) is 1. The molecule has 0 radical (unpaired) electrons. The Kier molecular flexibility index (Phi) is 4.75. The van der Waals surface area contributed by atoms with Gasteiger partial charge >= 0.3 is 0 Å². The van der Waals surface area contributed by atoms with Crippen molar-refractivity contribution in [2.24, 2.45) is 0 Å². The van der Waals surface area contributed by atoms with E-state index >= 15 is 0 Å². The van der Waals surface area contributed by atoms with Crippen molar-refractivity contribution in [3.05, 3.63) is 89.6 Å². The lowest BCUT2D eigenvalue weighted by Crippen LogP contribution is -2.28. The topological polar surface area (TPSA) is 60.1 Å².